The molecular weight excluding hydrogens is 380 g/mol. The maximum absolute atomic E-state index is 13.2. The van der Waals surface area contributed by atoms with Crippen LogP contribution >= 0.6 is 11.6 Å². The first kappa shape index (κ1) is 21.7. The fraction of sp³-hybridized carbons (Fsp3) is 0.381. The number of ketones is 1. The van der Waals surface area contributed by atoms with Crippen molar-refractivity contribution in [1.29, 1.82) is 0 Å². The number of hydrogen-bond acceptors (Lipinski definition) is 4. The average molecular weight is 405 g/mol. The number of aromatic nitrogens is 1. The predicted molar refractivity (Wildman–Crippen MR) is 108 cm³/mol. The summed E-state index contributed by atoms with van der Waals surface area (Å²) in [6.07, 6.45) is 0.687. The van der Waals surface area contributed by atoms with Crippen molar-refractivity contribution in [1.82, 2.24) is 9.88 Å². The van der Waals surface area contributed by atoms with E-state index < -0.39 is 12.0 Å². The highest BCUT2D eigenvalue weighted by atomic mass is 35.5. The van der Waals surface area contributed by atoms with E-state index in [9.17, 15) is 14.4 Å². The molecule has 0 radical (unpaired) electrons. The van der Waals surface area contributed by atoms with Gasteiger partial charge in [-0.2, -0.15) is 0 Å². The second-order valence-electron chi connectivity index (χ2n) is 6.64. The van der Waals surface area contributed by atoms with Crippen LogP contribution in [0.2, 0.25) is 5.02 Å². The largest absolute Gasteiger partial charge is 0.464 e. The number of H-pyrrole nitrogens is 1. The Balaban J connectivity index is 2.41. The molecule has 150 valence electrons. The van der Waals surface area contributed by atoms with Crippen LogP contribution in [0.25, 0.3) is 0 Å². The number of methoxy groups -OCH3 is 1. The van der Waals surface area contributed by atoms with Gasteiger partial charge >= 0.3 is 5.97 Å². The van der Waals surface area contributed by atoms with Crippen LogP contribution in [0, 0.1) is 13.8 Å². The Hall–Kier alpha value is -2.60. The monoisotopic (exact) mass is 404 g/mol. The lowest BCUT2D eigenvalue weighted by Gasteiger charge is -2.28. The number of carbonyl (C=O) groups is 3. The molecule has 0 bridgehead atoms. The molecule has 1 aromatic heterocycles. The molecule has 28 heavy (non-hydrogen) atoms. The summed E-state index contributed by atoms with van der Waals surface area (Å²) in [5.41, 5.74) is 2.09. The molecule has 7 heteroatoms. The van der Waals surface area contributed by atoms with Crippen molar-refractivity contribution < 1.29 is 19.1 Å². The summed E-state index contributed by atoms with van der Waals surface area (Å²) in [5, 5.41) is 0.343. The number of aromatic amines is 1. The lowest BCUT2D eigenvalue weighted by molar-refractivity contribution is 0.0592. The van der Waals surface area contributed by atoms with E-state index in [1.807, 2.05) is 6.92 Å². The first-order valence-electron chi connectivity index (χ1n) is 9.11. The minimum absolute atomic E-state index is 0.241. The zero-order valence-corrected chi connectivity index (χ0v) is 17.5. The standard InChI is InChI=1S/C21H25ClN2O4/c1-6-11-24(20(26)15-9-7-8-10-16(15)22)14(4)19(25)17-12(2)18(21(27)28-5)23-13(17)3/h7-10,14,23H,6,11H2,1-5H3/t14-/m1/s1. The number of Topliss-reactive ketones (excluding diaryl/α,β-unsaturated/α-hetero) is 1. The summed E-state index contributed by atoms with van der Waals surface area (Å²) in [6.45, 7) is 7.45. The van der Waals surface area contributed by atoms with Crippen LogP contribution in [0.3, 0.4) is 0 Å². The van der Waals surface area contributed by atoms with Gasteiger partial charge < -0.3 is 14.6 Å². The minimum Gasteiger partial charge on any atom is -0.464 e. The van der Waals surface area contributed by atoms with Gasteiger partial charge in [0.15, 0.2) is 5.78 Å². The lowest BCUT2D eigenvalue weighted by atomic mass is 9.99. The zero-order valence-electron chi connectivity index (χ0n) is 16.8. The number of amides is 1. The molecule has 1 aromatic carbocycles. The minimum atomic E-state index is -0.720. The maximum Gasteiger partial charge on any atom is 0.354 e. The van der Waals surface area contributed by atoms with Crippen LogP contribution in [0.15, 0.2) is 24.3 Å². The van der Waals surface area contributed by atoms with Gasteiger partial charge in [-0.1, -0.05) is 30.7 Å². The number of nitrogens with one attached hydrogen (secondary N) is 1. The van der Waals surface area contributed by atoms with Gasteiger partial charge in [0.25, 0.3) is 5.91 Å². The quantitative estimate of drug-likeness (QED) is 0.554. The summed E-state index contributed by atoms with van der Waals surface area (Å²) in [6, 6.07) is 6.06. The summed E-state index contributed by atoms with van der Waals surface area (Å²) >= 11 is 6.18. The van der Waals surface area contributed by atoms with Crippen molar-refractivity contribution in [2.75, 3.05) is 13.7 Å². The molecule has 0 saturated carbocycles. The van der Waals surface area contributed by atoms with Crippen molar-refractivity contribution in [2.45, 2.75) is 40.2 Å². The lowest BCUT2D eigenvalue weighted by Crippen LogP contribution is -2.44. The normalized spacial score (nSPS) is 11.8. The molecule has 0 aliphatic carbocycles. The Morgan fingerprint density at radius 3 is 2.43 bits per heavy atom. The molecule has 0 aliphatic rings. The number of nitrogens with zero attached hydrogens (tertiary/aromatic N) is 1. The van der Waals surface area contributed by atoms with E-state index in [1.54, 1.807) is 45.0 Å². The van der Waals surface area contributed by atoms with E-state index in [2.05, 4.69) is 4.98 Å². The molecule has 1 N–H and O–H groups in total. The average Bonchev–Trinajstić information content (AvgIpc) is 2.98. The van der Waals surface area contributed by atoms with Gasteiger partial charge in [0.05, 0.1) is 23.7 Å². The van der Waals surface area contributed by atoms with Crippen LogP contribution in [-0.4, -0.2) is 47.2 Å². The highest BCUT2D eigenvalue weighted by molar-refractivity contribution is 6.33. The highest BCUT2D eigenvalue weighted by Crippen LogP contribution is 2.24. The van der Waals surface area contributed by atoms with E-state index in [0.717, 1.165) is 0 Å². The fourth-order valence-corrected chi connectivity index (χ4v) is 3.49. The van der Waals surface area contributed by atoms with Crippen molar-refractivity contribution in [2.24, 2.45) is 0 Å². The SMILES string of the molecule is CCCN(C(=O)c1ccccc1Cl)[C@H](C)C(=O)c1c(C)[nH]c(C(=O)OC)c1C. The summed E-state index contributed by atoms with van der Waals surface area (Å²) in [7, 11) is 1.29. The molecule has 6 nitrogen and oxygen atoms in total. The molecule has 0 unspecified atom stereocenters. The molecule has 1 heterocycles. The second kappa shape index (κ2) is 9.06. The molecule has 0 saturated heterocycles. The molecule has 2 aromatic rings. The van der Waals surface area contributed by atoms with E-state index in [4.69, 9.17) is 16.3 Å². The van der Waals surface area contributed by atoms with Crippen LogP contribution in [-0.2, 0) is 4.74 Å². The molecule has 0 spiro atoms. The van der Waals surface area contributed by atoms with Gasteiger partial charge in [-0.15, -0.1) is 0 Å². The zero-order chi connectivity index (χ0) is 21.0. The summed E-state index contributed by atoms with van der Waals surface area (Å²) in [5.74, 6) is -1.08. The number of hydrogen-bond donors (Lipinski definition) is 1. The molecule has 2 rings (SSSR count). The van der Waals surface area contributed by atoms with E-state index in [0.29, 0.717) is 40.4 Å². The Kier molecular flexibility index (Phi) is 7.02. The number of carbonyl (C=O) groups excluding carboxylic acids is 3. The maximum atomic E-state index is 13.2. The van der Waals surface area contributed by atoms with E-state index >= 15 is 0 Å². The summed E-state index contributed by atoms with van der Waals surface area (Å²) in [4.78, 5) is 42.7. The third-order valence-electron chi connectivity index (χ3n) is 4.75. The molecule has 0 fully saturated rings. The molecule has 0 aliphatic heterocycles. The molecule has 1 amide bonds. The van der Waals surface area contributed by atoms with Gasteiger partial charge in [0.1, 0.15) is 5.69 Å². The fourth-order valence-electron chi connectivity index (χ4n) is 3.28. The van der Waals surface area contributed by atoms with Crippen LogP contribution in [0.1, 0.15) is 62.7 Å². The van der Waals surface area contributed by atoms with E-state index in [1.165, 1.54) is 12.0 Å². The van der Waals surface area contributed by atoms with Crippen LogP contribution < -0.4 is 0 Å². The van der Waals surface area contributed by atoms with Gasteiger partial charge in [-0.25, -0.2) is 4.79 Å². The van der Waals surface area contributed by atoms with Gasteiger partial charge in [0.2, 0.25) is 0 Å². The smallest absolute Gasteiger partial charge is 0.354 e. The third-order valence-corrected chi connectivity index (χ3v) is 5.08. The first-order chi connectivity index (χ1) is 13.2. The van der Waals surface area contributed by atoms with Crippen molar-refractivity contribution in [3.05, 3.63) is 57.4 Å². The Morgan fingerprint density at radius 2 is 1.86 bits per heavy atom. The Morgan fingerprint density at radius 1 is 1.21 bits per heavy atom. The third kappa shape index (κ3) is 4.12. The van der Waals surface area contributed by atoms with Gasteiger partial charge in [-0.05, 0) is 44.9 Å². The van der Waals surface area contributed by atoms with Crippen molar-refractivity contribution in [3.63, 3.8) is 0 Å². The van der Waals surface area contributed by atoms with Crippen molar-refractivity contribution >= 4 is 29.3 Å². The number of benzene rings is 1. The number of esters is 1. The number of halogens is 1. The van der Waals surface area contributed by atoms with E-state index in [-0.39, 0.29) is 17.4 Å². The number of ether oxygens (including phenoxy) is 1. The predicted octanol–water partition coefficient (Wildman–Crippen LogP) is 4.20. The van der Waals surface area contributed by atoms with Gasteiger partial charge in [-0.3, -0.25) is 9.59 Å². The second-order valence-corrected chi connectivity index (χ2v) is 7.04. The van der Waals surface area contributed by atoms with Gasteiger partial charge in [0, 0.05) is 17.8 Å². The summed E-state index contributed by atoms with van der Waals surface area (Å²) < 4.78 is 4.76. The van der Waals surface area contributed by atoms with Crippen molar-refractivity contribution in [3.8, 4) is 0 Å². The topological polar surface area (TPSA) is 79.5 Å². The Bertz CT molecular complexity index is 904. The number of rotatable bonds is 7. The Labute approximate surface area is 169 Å². The van der Waals surface area contributed by atoms with Crippen LogP contribution in [0.4, 0.5) is 0 Å². The molecular formula is C21H25ClN2O4. The molecule has 1 atom stereocenters. The van der Waals surface area contributed by atoms with Crippen LogP contribution in [0.5, 0.6) is 0 Å². The number of aryl methyl sites for hydroxylation is 1. The first-order valence-corrected chi connectivity index (χ1v) is 9.49. The highest BCUT2D eigenvalue weighted by Gasteiger charge is 2.31.